The maximum Gasteiger partial charge on any atom is 0.246 e. The van der Waals surface area contributed by atoms with Gasteiger partial charge in [0.25, 0.3) is 0 Å². The van der Waals surface area contributed by atoms with Gasteiger partial charge in [0.2, 0.25) is 5.91 Å². The molecule has 2 rings (SSSR count). The van der Waals surface area contributed by atoms with Crippen LogP contribution in [0.5, 0.6) is 0 Å². The van der Waals surface area contributed by atoms with Crippen molar-refractivity contribution in [2.75, 3.05) is 26.2 Å². The Balaban J connectivity index is 1.98. The topological polar surface area (TPSA) is 32.3 Å². The summed E-state index contributed by atoms with van der Waals surface area (Å²) in [7, 11) is 0. The van der Waals surface area contributed by atoms with Crippen molar-refractivity contribution in [3.05, 3.63) is 11.6 Å². The molecule has 2 fully saturated rings. The molecule has 2 aliphatic rings. The number of rotatable bonds is 1. The molecule has 1 amide bonds. The molecule has 0 aromatic heterocycles. The van der Waals surface area contributed by atoms with E-state index in [0.29, 0.717) is 5.41 Å². The maximum atomic E-state index is 11.8. The predicted molar refractivity (Wildman–Crippen MR) is 60.5 cm³/mol. The lowest BCUT2D eigenvalue weighted by atomic mass is 9.87. The summed E-state index contributed by atoms with van der Waals surface area (Å²) < 4.78 is 0. The highest BCUT2D eigenvalue weighted by molar-refractivity contribution is 5.88. The Labute approximate surface area is 91.5 Å². The number of amides is 1. The van der Waals surface area contributed by atoms with Crippen LogP contribution >= 0.6 is 0 Å². The van der Waals surface area contributed by atoms with Crippen LogP contribution in [-0.2, 0) is 4.79 Å². The number of hydrogen-bond donors (Lipinski definition) is 1. The number of likely N-dealkylation sites (tertiary alicyclic amines) is 1. The van der Waals surface area contributed by atoms with E-state index in [0.717, 1.165) is 31.8 Å². The van der Waals surface area contributed by atoms with Gasteiger partial charge in [-0.3, -0.25) is 4.79 Å². The molecule has 0 radical (unpaired) electrons. The van der Waals surface area contributed by atoms with Gasteiger partial charge in [-0.1, -0.05) is 5.57 Å². The smallest absolute Gasteiger partial charge is 0.246 e. The summed E-state index contributed by atoms with van der Waals surface area (Å²) in [6, 6.07) is 0. The average Bonchev–Trinajstić information content (AvgIpc) is 2.76. The molecular weight excluding hydrogens is 188 g/mol. The van der Waals surface area contributed by atoms with Crippen molar-refractivity contribution in [1.82, 2.24) is 10.2 Å². The minimum Gasteiger partial charge on any atom is -0.339 e. The van der Waals surface area contributed by atoms with Gasteiger partial charge in [-0.2, -0.15) is 0 Å². The van der Waals surface area contributed by atoms with Gasteiger partial charge in [0.1, 0.15) is 0 Å². The Morgan fingerprint density at radius 3 is 2.80 bits per heavy atom. The molecular formula is C12H20N2O. The van der Waals surface area contributed by atoms with Crippen molar-refractivity contribution < 1.29 is 4.79 Å². The molecule has 3 heteroatoms. The minimum atomic E-state index is 0.193. The number of carbonyl (C=O) groups excluding carboxylic acids is 1. The van der Waals surface area contributed by atoms with E-state index in [2.05, 4.69) is 5.32 Å². The van der Waals surface area contributed by atoms with Gasteiger partial charge in [0.05, 0.1) is 0 Å². The number of nitrogens with one attached hydrogen (secondary N) is 1. The Hall–Kier alpha value is -0.830. The normalized spacial score (nSPS) is 29.9. The molecule has 0 bridgehead atoms. The van der Waals surface area contributed by atoms with Crippen LogP contribution in [0.2, 0.25) is 0 Å². The highest BCUT2D eigenvalue weighted by atomic mass is 16.2. The number of hydrogen-bond acceptors (Lipinski definition) is 2. The summed E-state index contributed by atoms with van der Waals surface area (Å²) in [5.41, 5.74) is 1.48. The monoisotopic (exact) mass is 208 g/mol. The second-order valence-electron chi connectivity index (χ2n) is 5.16. The summed E-state index contributed by atoms with van der Waals surface area (Å²) in [6.45, 7) is 8.03. The van der Waals surface area contributed by atoms with E-state index in [4.69, 9.17) is 0 Å². The SMILES string of the molecule is CC(C)=CC(=O)N1CCC2(CCNC2)C1. The maximum absolute atomic E-state index is 11.8. The van der Waals surface area contributed by atoms with Crippen LogP contribution in [0.3, 0.4) is 0 Å². The first-order valence-electron chi connectivity index (χ1n) is 5.76. The van der Waals surface area contributed by atoms with Crippen molar-refractivity contribution in [3.8, 4) is 0 Å². The Morgan fingerprint density at radius 1 is 1.40 bits per heavy atom. The fourth-order valence-electron chi connectivity index (χ4n) is 2.61. The van der Waals surface area contributed by atoms with Gasteiger partial charge in [0.15, 0.2) is 0 Å². The quantitative estimate of drug-likeness (QED) is 0.656. The zero-order valence-electron chi connectivity index (χ0n) is 9.68. The van der Waals surface area contributed by atoms with Crippen LogP contribution in [0.4, 0.5) is 0 Å². The number of carbonyl (C=O) groups is 1. The molecule has 1 N–H and O–H groups in total. The van der Waals surface area contributed by atoms with Crippen LogP contribution in [0.1, 0.15) is 26.7 Å². The van der Waals surface area contributed by atoms with Gasteiger partial charge < -0.3 is 10.2 Å². The van der Waals surface area contributed by atoms with Crippen molar-refractivity contribution in [2.45, 2.75) is 26.7 Å². The van der Waals surface area contributed by atoms with E-state index < -0.39 is 0 Å². The van der Waals surface area contributed by atoms with Crippen LogP contribution in [0.25, 0.3) is 0 Å². The number of allylic oxidation sites excluding steroid dienone is 1. The van der Waals surface area contributed by atoms with E-state index in [1.54, 1.807) is 6.08 Å². The Bertz CT molecular complexity index is 286. The van der Waals surface area contributed by atoms with Crippen molar-refractivity contribution in [1.29, 1.82) is 0 Å². The van der Waals surface area contributed by atoms with Crippen LogP contribution < -0.4 is 5.32 Å². The summed E-state index contributed by atoms with van der Waals surface area (Å²) in [5, 5.41) is 3.40. The Kier molecular flexibility index (Phi) is 2.83. The van der Waals surface area contributed by atoms with Gasteiger partial charge in [-0.15, -0.1) is 0 Å². The molecule has 2 heterocycles. The lowest BCUT2D eigenvalue weighted by molar-refractivity contribution is -0.125. The van der Waals surface area contributed by atoms with Gasteiger partial charge in [-0.05, 0) is 33.2 Å². The van der Waals surface area contributed by atoms with Crippen LogP contribution in [0, 0.1) is 5.41 Å². The largest absolute Gasteiger partial charge is 0.339 e. The third kappa shape index (κ3) is 2.23. The molecule has 0 saturated carbocycles. The molecule has 0 aromatic carbocycles. The highest BCUT2D eigenvalue weighted by Gasteiger charge is 2.41. The lowest BCUT2D eigenvalue weighted by Crippen LogP contribution is -2.32. The zero-order chi connectivity index (χ0) is 10.9. The molecule has 1 atom stereocenters. The summed E-state index contributed by atoms with van der Waals surface area (Å²) >= 11 is 0. The van der Waals surface area contributed by atoms with E-state index >= 15 is 0 Å². The molecule has 84 valence electrons. The predicted octanol–water partition coefficient (Wildman–Crippen LogP) is 1.16. The van der Waals surface area contributed by atoms with Crippen LogP contribution in [-0.4, -0.2) is 37.0 Å². The van der Waals surface area contributed by atoms with Crippen molar-refractivity contribution in [3.63, 3.8) is 0 Å². The van der Waals surface area contributed by atoms with E-state index in [1.807, 2.05) is 18.7 Å². The standard InChI is InChI=1S/C12H20N2O/c1-10(2)7-11(15)14-6-4-12(9-14)3-5-13-8-12/h7,13H,3-6,8-9H2,1-2H3. The third-order valence-corrected chi connectivity index (χ3v) is 3.49. The average molecular weight is 208 g/mol. The fourth-order valence-corrected chi connectivity index (χ4v) is 2.61. The first-order chi connectivity index (χ1) is 7.11. The molecule has 2 aliphatic heterocycles. The second kappa shape index (κ2) is 3.97. The first kappa shape index (κ1) is 10.7. The van der Waals surface area contributed by atoms with E-state index in [-0.39, 0.29) is 5.91 Å². The first-order valence-corrected chi connectivity index (χ1v) is 5.76. The molecule has 1 spiro atoms. The van der Waals surface area contributed by atoms with Gasteiger partial charge >= 0.3 is 0 Å². The molecule has 3 nitrogen and oxygen atoms in total. The molecule has 2 saturated heterocycles. The van der Waals surface area contributed by atoms with Gasteiger partial charge in [0, 0.05) is 31.1 Å². The molecule has 15 heavy (non-hydrogen) atoms. The summed E-state index contributed by atoms with van der Waals surface area (Å²) in [4.78, 5) is 13.8. The fraction of sp³-hybridized carbons (Fsp3) is 0.750. The van der Waals surface area contributed by atoms with Crippen LogP contribution in [0.15, 0.2) is 11.6 Å². The summed E-state index contributed by atoms with van der Waals surface area (Å²) in [6.07, 6.45) is 4.15. The Morgan fingerprint density at radius 2 is 2.20 bits per heavy atom. The van der Waals surface area contributed by atoms with Gasteiger partial charge in [-0.25, -0.2) is 0 Å². The zero-order valence-corrected chi connectivity index (χ0v) is 9.68. The third-order valence-electron chi connectivity index (χ3n) is 3.49. The number of nitrogens with zero attached hydrogens (tertiary/aromatic N) is 1. The van der Waals surface area contributed by atoms with E-state index in [9.17, 15) is 4.79 Å². The second-order valence-corrected chi connectivity index (χ2v) is 5.16. The molecule has 1 unspecified atom stereocenters. The summed E-state index contributed by atoms with van der Waals surface area (Å²) in [5.74, 6) is 0.193. The molecule has 0 aliphatic carbocycles. The molecule has 0 aromatic rings. The van der Waals surface area contributed by atoms with Crippen molar-refractivity contribution in [2.24, 2.45) is 5.41 Å². The highest BCUT2D eigenvalue weighted by Crippen LogP contribution is 2.35. The van der Waals surface area contributed by atoms with Crippen molar-refractivity contribution >= 4 is 5.91 Å². The lowest BCUT2D eigenvalue weighted by Gasteiger charge is -2.22. The minimum absolute atomic E-state index is 0.193. The van der Waals surface area contributed by atoms with E-state index in [1.165, 1.54) is 12.8 Å².